The second-order valence-electron chi connectivity index (χ2n) is 8.47. The van der Waals surface area contributed by atoms with Crippen molar-refractivity contribution in [3.8, 4) is 5.88 Å². The van der Waals surface area contributed by atoms with Gasteiger partial charge in [-0.3, -0.25) is 19.5 Å². The summed E-state index contributed by atoms with van der Waals surface area (Å²) in [5, 5.41) is 20.2. The van der Waals surface area contributed by atoms with Gasteiger partial charge in [0.2, 0.25) is 5.88 Å². The van der Waals surface area contributed by atoms with Crippen LogP contribution in [-0.4, -0.2) is 43.9 Å². The molecule has 0 unspecified atom stereocenters. The zero-order valence-electron chi connectivity index (χ0n) is 16.0. The fourth-order valence-electron chi connectivity index (χ4n) is 3.31. The van der Waals surface area contributed by atoms with Crippen molar-refractivity contribution in [1.29, 1.82) is 0 Å². The largest absolute Gasteiger partial charge is 0.492 e. The lowest BCUT2D eigenvalue weighted by Crippen LogP contribution is -2.37. The number of hydrogen-bond acceptors (Lipinski definition) is 6. The lowest BCUT2D eigenvalue weighted by atomic mass is 9.96. The number of aromatic nitrogens is 3. The normalized spacial score (nSPS) is 16.9. The Morgan fingerprint density at radius 3 is 2.71 bits per heavy atom. The molecular weight excluding hydrogens is 366 g/mol. The van der Waals surface area contributed by atoms with Crippen LogP contribution in [0.2, 0.25) is 0 Å². The molecule has 0 saturated heterocycles. The molecule has 2 aromatic rings. The van der Waals surface area contributed by atoms with Crippen LogP contribution in [0.15, 0.2) is 4.79 Å². The zero-order valence-corrected chi connectivity index (χ0v) is 16.0. The lowest BCUT2D eigenvalue weighted by Gasteiger charge is -2.22. The van der Waals surface area contributed by atoms with Gasteiger partial charge in [0.15, 0.2) is 11.4 Å². The van der Waals surface area contributed by atoms with Gasteiger partial charge in [-0.1, -0.05) is 20.8 Å². The molecule has 3 heterocycles. The molecule has 3 N–H and O–H groups in total. The van der Waals surface area contributed by atoms with Gasteiger partial charge in [-0.25, -0.2) is 4.79 Å². The van der Waals surface area contributed by atoms with Crippen LogP contribution in [0.3, 0.4) is 0 Å². The molecule has 1 aliphatic heterocycles. The number of carbonyl (C=O) groups excluding carboxylic acids is 2. The molecule has 2 amide bonds. The van der Waals surface area contributed by atoms with Gasteiger partial charge in [0, 0.05) is 24.6 Å². The van der Waals surface area contributed by atoms with E-state index in [4.69, 9.17) is 4.74 Å². The molecule has 1 saturated carbocycles. The molecule has 2 aromatic heterocycles. The number of rotatable bonds is 3. The van der Waals surface area contributed by atoms with E-state index in [0.29, 0.717) is 24.2 Å². The Kier molecular flexibility index (Phi) is 4.09. The van der Waals surface area contributed by atoms with Crippen molar-refractivity contribution in [1.82, 2.24) is 19.5 Å². The van der Waals surface area contributed by atoms with E-state index in [-0.39, 0.29) is 29.4 Å². The van der Waals surface area contributed by atoms with Crippen LogP contribution in [0.1, 0.15) is 49.5 Å². The average molecular weight is 389 g/mol. The van der Waals surface area contributed by atoms with Gasteiger partial charge >= 0.3 is 6.09 Å². The van der Waals surface area contributed by atoms with Crippen molar-refractivity contribution < 1.29 is 19.4 Å². The maximum absolute atomic E-state index is 13.2. The molecule has 0 aromatic carbocycles. The summed E-state index contributed by atoms with van der Waals surface area (Å²) in [6.07, 6.45) is 1.38. The van der Waals surface area contributed by atoms with Gasteiger partial charge in [0.05, 0.1) is 6.61 Å². The smallest absolute Gasteiger partial charge is 0.412 e. The Hall–Kier alpha value is -3.04. The number of nitrogens with zero attached hydrogens (tertiary/aromatic N) is 3. The van der Waals surface area contributed by atoms with E-state index < -0.39 is 23.4 Å². The van der Waals surface area contributed by atoms with E-state index in [0.717, 1.165) is 17.4 Å². The highest BCUT2D eigenvalue weighted by Gasteiger charge is 2.32. The second-order valence-corrected chi connectivity index (χ2v) is 8.47. The minimum absolute atomic E-state index is 0.0313. The third-order valence-corrected chi connectivity index (χ3v) is 4.67. The third kappa shape index (κ3) is 3.19. The van der Waals surface area contributed by atoms with E-state index >= 15 is 0 Å². The molecule has 10 nitrogen and oxygen atoms in total. The van der Waals surface area contributed by atoms with Crippen LogP contribution in [0.5, 0.6) is 5.88 Å². The van der Waals surface area contributed by atoms with E-state index in [1.165, 1.54) is 4.57 Å². The summed E-state index contributed by atoms with van der Waals surface area (Å²) in [5.74, 6) is -0.946. The number of ether oxygens (including phenoxy) is 1. The van der Waals surface area contributed by atoms with Crippen LogP contribution in [0.25, 0.3) is 5.65 Å². The number of carbonyl (C=O) groups is 2. The lowest BCUT2D eigenvalue weighted by molar-refractivity contribution is 0.0944. The van der Waals surface area contributed by atoms with Crippen LogP contribution in [0.4, 0.5) is 10.6 Å². The topological polar surface area (TPSA) is 127 Å². The van der Waals surface area contributed by atoms with E-state index in [1.807, 2.05) is 20.8 Å². The molecule has 0 bridgehead atoms. The summed E-state index contributed by atoms with van der Waals surface area (Å²) in [5.41, 5.74) is -0.285. The molecule has 28 heavy (non-hydrogen) atoms. The fourth-order valence-corrected chi connectivity index (χ4v) is 3.31. The first-order valence-corrected chi connectivity index (χ1v) is 9.28. The first-order chi connectivity index (χ1) is 13.2. The Bertz CT molecular complexity index is 1040. The molecule has 2 aliphatic rings. The van der Waals surface area contributed by atoms with Gasteiger partial charge in [-0.15, -0.1) is 5.10 Å². The number of nitrogens with one attached hydrogen (secondary N) is 2. The number of fused-ring (bicyclic) bond motifs is 3. The second kappa shape index (κ2) is 6.25. The Morgan fingerprint density at radius 1 is 1.36 bits per heavy atom. The van der Waals surface area contributed by atoms with Gasteiger partial charge in [-0.2, -0.15) is 4.52 Å². The summed E-state index contributed by atoms with van der Waals surface area (Å²) < 4.78 is 7.60. The minimum Gasteiger partial charge on any atom is -0.492 e. The van der Waals surface area contributed by atoms with Gasteiger partial charge in [0.1, 0.15) is 5.65 Å². The molecular formula is C18H23N5O5. The van der Waals surface area contributed by atoms with Gasteiger partial charge < -0.3 is 15.2 Å². The molecule has 0 radical (unpaired) electrons. The highest BCUT2D eigenvalue weighted by Crippen LogP contribution is 2.29. The van der Waals surface area contributed by atoms with Gasteiger partial charge in [0.25, 0.3) is 11.5 Å². The van der Waals surface area contributed by atoms with E-state index in [9.17, 15) is 19.5 Å². The van der Waals surface area contributed by atoms with Crippen LogP contribution >= 0.6 is 0 Å². The standard InChI is InChI=1S/C18H23N5O5/c1-18(2,3)8-22-14-10-6-7-28-17(27)20-12(10)21-23(14)16(26)11(15(22)25)13(24)19-9-4-5-9/h9,26H,4-8H2,1-3H3,(H,19,24)(H,20,21,27). The summed E-state index contributed by atoms with van der Waals surface area (Å²) in [4.78, 5) is 37.6. The fraction of sp³-hybridized carbons (Fsp3) is 0.556. The van der Waals surface area contributed by atoms with Crippen molar-refractivity contribution in [3.63, 3.8) is 0 Å². The number of anilines is 1. The first-order valence-electron chi connectivity index (χ1n) is 9.28. The molecule has 150 valence electrons. The average Bonchev–Trinajstić information content (AvgIpc) is 3.35. The molecule has 4 rings (SSSR count). The van der Waals surface area contributed by atoms with E-state index in [2.05, 4.69) is 15.7 Å². The predicted octanol–water partition coefficient (Wildman–Crippen LogP) is 1.24. The Morgan fingerprint density at radius 2 is 2.07 bits per heavy atom. The number of hydrogen-bond donors (Lipinski definition) is 3. The third-order valence-electron chi connectivity index (χ3n) is 4.67. The molecule has 1 fully saturated rings. The van der Waals surface area contributed by atoms with Crippen molar-refractivity contribution in [2.24, 2.45) is 5.41 Å². The molecule has 1 aliphatic carbocycles. The Labute approximate surface area is 160 Å². The maximum Gasteiger partial charge on any atom is 0.412 e. The molecule has 0 atom stereocenters. The van der Waals surface area contributed by atoms with Crippen molar-refractivity contribution in [3.05, 3.63) is 21.5 Å². The minimum atomic E-state index is -0.655. The van der Waals surface area contributed by atoms with Crippen LogP contribution < -0.4 is 16.2 Å². The SMILES string of the molecule is CC(C)(C)Cn1c(=O)c(C(=O)NC2CC2)c(O)n2nc3c(c12)CCOC(=O)N3. The molecule has 10 heteroatoms. The van der Waals surface area contributed by atoms with Gasteiger partial charge in [-0.05, 0) is 18.3 Å². The summed E-state index contributed by atoms with van der Waals surface area (Å²) in [6, 6.07) is 0.0313. The summed E-state index contributed by atoms with van der Waals surface area (Å²) in [6.45, 7) is 6.31. The van der Waals surface area contributed by atoms with E-state index in [1.54, 1.807) is 0 Å². The zero-order chi connectivity index (χ0) is 20.2. The predicted molar refractivity (Wildman–Crippen MR) is 99.7 cm³/mol. The summed E-state index contributed by atoms with van der Waals surface area (Å²) >= 11 is 0. The van der Waals surface area contributed by atoms with Crippen LogP contribution in [-0.2, 0) is 17.7 Å². The highest BCUT2D eigenvalue weighted by molar-refractivity contribution is 5.97. The first kappa shape index (κ1) is 18.3. The van der Waals surface area contributed by atoms with Crippen molar-refractivity contribution in [2.75, 3.05) is 11.9 Å². The van der Waals surface area contributed by atoms with Crippen LogP contribution in [0, 0.1) is 5.41 Å². The monoisotopic (exact) mass is 389 g/mol. The summed E-state index contributed by atoms with van der Waals surface area (Å²) in [7, 11) is 0. The number of cyclic esters (lactones) is 1. The van der Waals surface area contributed by atoms with Crippen molar-refractivity contribution >= 4 is 23.5 Å². The Balaban J connectivity index is 1.98. The maximum atomic E-state index is 13.2. The quantitative estimate of drug-likeness (QED) is 0.725. The number of aromatic hydroxyl groups is 1. The molecule has 0 spiro atoms. The number of amides is 2. The highest BCUT2D eigenvalue weighted by atomic mass is 16.5. The van der Waals surface area contributed by atoms with Crippen molar-refractivity contribution in [2.45, 2.75) is 52.6 Å².